The summed E-state index contributed by atoms with van der Waals surface area (Å²) in [6, 6.07) is 6.98. The maximum absolute atomic E-state index is 13.2. The zero-order valence-corrected chi connectivity index (χ0v) is 18.5. The number of esters is 1. The first kappa shape index (κ1) is 22.1. The molecule has 1 aromatic carbocycles. The van der Waals surface area contributed by atoms with E-state index in [1.807, 2.05) is 13.0 Å². The monoisotopic (exact) mass is 429 g/mol. The van der Waals surface area contributed by atoms with Crippen LogP contribution in [0.1, 0.15) is 42.3 Å². The number of aromatic nitrogens is 1. The SMILES string of the molecule is [C-]#[N+]c1c(Cc2ccccc2S(=O)(=O)N2CCCC2)c(C)n(CC(=O)OCC)c1C. The largest absolute Gasteiger partial charge is 0.465 e. The van der Waals surface area contributed by atoms with Crippen molar-refractivity contribution in [3.63, 3.8) is 0 Å². The molecular weight excluding hydrogens is 402 g/mol. The van der Waals surface area contributed by atoms with Crippen LogP contribution in [0.3, 0.4) is 0 Å². The third-order valence-corrected chi connectivity index (χ3v) is 7.60. The van der Waals surface area contributed by atoms with Gasteiger partial charge in [0, 0.05) is 24.5 Å². The zero-order chi connectivity index (χ0) is 21.9. The van der Waals surface area contributed by atoms with Crippen LogP contribution in [0.25, 0.3) is 4.85 Å². The smallest absolute Gasteiger partial charge is 0.325 e. The van der Waals surface area contributed by atoms with Gasteiger partial charge in [-0.05, 0) is 57.2 Å². The molecule has 8 heteroatoms. The minimum Gasteiger partial charge on any atom is -0.465 e. The summed E-state index contributed by atoms with van der Waals surface area (Å²) in [7, 11) is -3.58. The van der Waals surface area contributed by atoms with E-state index in [1.165, 1.54) is 4.31 Å². The fraction of sp³-hybridized carbons (Fsp3) is 0.455. The van der Waals surface area contributed by atoms with E-state index in [1.54, 1.807) is 36.6 Å². The van der Waals surface area contributed by atoms with E-state index in [4.69, 9.17) is 11.3 Å². The van der Waals surface area contributed by atoms with Gasteiger partial charge in [-0.15, -0.1) is 0 Å². The number of rotatable bonds is 7. The molecule has 0 spiro atoms. The second-order valence-corrected chi connectivity index (χ2v) is 9.30. The molecule has 1 aliphatic heterocycles. The van der Waals surface area contributed by atoms with Gasteiger partial charge in [0.1, 0.15) is 6.54 Å². The second-order valence-electron chi connectivity index (χ2n) is 7.40. The molecule has 1 fully saturated rings. The van der Waals surface area contributed by atoms with Crippen molar-refractivity contribution in [2.45, 2.75) is 51.5 Å². The second kappa shape index (κ2) is 9.02. The fourth-order valence-electron chi connectivity index (χ4n) is 4.02. The molecule has 160 valence electrons. The van der Waals surface area contributed by atoms with Crippen LogP contribution in [-0.2, 0) is 32.5 Å². The predicted octanol–water partition coefficient (Wildman–Crippen LogP) is 3.59. The molecule has 0 N–H and O–H groups in total. The Bertz CT molecular complexity index is 1090. The molecule has 0 unspecified atom stereocenters. The van der Waals surface area contributed by atoms with Crippen molar-refractivity contribution in [3.8, 4) is 0 Å². The Labute approximate surface area is 178 Å². The molecule has 2 heterocycles. The highest BCUT2D eigenvalue weighted by molar-refractivity contribution is 7.89. The summed E-state index contributed by atoms with van der Waals surface area (Å²) in [6.45, 7) is 14.5. The Balaban J connectivity index is 2.02. The van der Waals surface area contributed by atoms with Crippen molar-refractivity contribution in [3.05, 3.63) is 58.2 Å². The minimum absolute atomic E-state index is 0.0295. The number of hydrogen-bond acceptors (Lipinski definition) is 4. The van der Waals surface area contributed by atoms with Crippen LogP contribution in [-0.4, -0.2) is 43.0 Å². The maximum Gasteiger partial charge on any atom is 0.325 e. The molecule has 1 aliphatic rings. The number of carbonyl (C=O) groups excluding carboxylic acids is 1. The van der Waals surface area contributed by atoms with Gasteiger partial charge < -0.3 is 9.30 Å². The molecule has 0 radical (unpaired) electrons. The van der Waals surface area contributed by atoms with Gasteiger partial charge in [0.25, 0.3) is 0 Å². The van der Waals surface area contributed by atoms with E-state index in [0.717, 1.165) is 24.1 Å². The van der Waals surface area contributed by atoms with Gasteiger partial charge in [-0.2, -0.15) is 4.31 Å². The predicted molar refractivity (Wildman–Crippen MR) is 114 cm³/mol. The topological polar surface area (TPSA) is 73.0 Å². The molecule has 0 aliphatic carbocycles. The normalized spacial score (nSPS) is 14.6. The van der Waals surface area contributed by atoms with Crippen LogP contribution in [0, 0.1) is 20.4 Å². The van der Waals surface area contributed by atoms with Crippen LogP contribution in [0.15, 0.2) is 29.2 Å². The van der Waals surface area contributed by atoms with E-state index >= 15 is 0 Å². The van der Waals surface area contributed by atoms with Gasteiger partial charge in [0.05, 0.1) is 18.1 Å². The maximum atomic E-state index is 13.2. The van der Waals surface area contributed by atoms with Crippen LogP contribution in [0.5, 0.6) is 0 Å². The summed E-state index contributed by atoms with van der Waals surface area (Å²) in [5, 5.41) is 0. The molecule has 1 saturated heterocycles. The summed E-state index contributed by atoms with van der Waals surface area (Å²) in [4.78, 5) is 16.0. The van der Waals surface area contributed by atoms with Crippen molar-refractivity contribution in [2.75, 3.05) is 19.7 Å². The van der Waals surface area contributed by atoms with Crippen LogP contribution < -0.4 is 0 Å². The number of sulfonamides is 1. The highest BCUT2D eigenvalue weighted by Gasteiger charge is 2.30. The molecule has 3 rings (SSSR count). The summed E-state index contributed by atoms with van der Waals surface area (Å²) in [5.41, 5.74) is 3.33. The van der Waals surface area contributed by atoms with Gasteiger partial charge in [-0.1, -0.05) is 18.2 Å². The van der Waals surface area contributed by atoms with Crippen molar-refractivity contribution in [2.24, 2.45) is 0 Å². The van der Waals surface area contributed by atoms with Crippen molar-refractivity contribution >= 4 is 21.7 Å². The van der Waals surface area contributed by atoms with Crippen LogP contribution in [0.2, 0.25) is 0 Å². The number of ether oxygens (including phenoxy) is 1. The highest BCUT2D eigenvalue weighted by Crippen LogP contribution is 2.34. The molecule has 30 heavy (non-hydrogen) atoms. The van der Waals surface area contributed by atoms with E-state index in [0.29, 0.717) is 43.1 Å². The van der Waals surface area contributed by atoms with Gasteiger partial charge >= 0.3 is 5.97 Å². The lowest BCUT2D eigenvalue weighted by molar-refractivity contribution is -0.143. The number of benzene rings is 1. The van der Waals surface area contributed by atoms with Crippen molar-refractivity contribution in [1.29, 1.82) is 0 Å². The quantitative estimate of drug-likeness (QED) is 0.498. The Kier molecular flexibility index (Phi) is 6.64. The molecular formula is C22H27N3O4S. The third-order valence-electron chi connectivity index (χ3n) is 5.60. The molecule has 7 nitrogen and oxygen atoms in total. The van der Waals surface area contributed by atoms with E-state index in [2.05, 4.69) is 4.85 Å². The zero-order valence-electron chi connectivity index (χ0n) is 17.6. The van der Waals surface area contributed by atoms with Crippen LogP contribution >= 0.6 is 0 Å². The molecule has 1 aromatic heterocycles. The summed E-state index contributed by atoms with van der Waals surface area (Å²) >= 11 is 0. The van der Waals surface area contributed by atoms with Gasteiger partial charge in [-0.3, -0.25) is 4.79 Å². The molecule has 0 amide bonds. The molecule has 0 atom stereocenters. The number of nitrogens with zero attached hydrogens (tertiary/aromatic N) is 3. The van der Waals surface area contributed by atoms with Crippen LogP contribution in [0.4, 0.5) is 5.69 Å². The average Bonchev–Trinajstić information content (AvgIpc) is 3.33. The molecule has 0 bridgehead atoms. The first-order valence-electron chi connectivity index (χ1n) is 10.1. The Hall–Kier alpha value is -2.63. The summed E-state index contributed by atoms with van der Waals surface area (Å²) in [6.07, 6.45) is 2.06. The van der Waals surface area contributed by atoms with E-state index in [9.17, 15) is 13.2 Å². The summed E-state index contributed by atoms with van der Waals surface area (Å²) in [5.74, 6) is -0.362. The minimum atomic E-state index is -3.58. The lowest BCUT2D eigenvalue weighted by atomic mass is 10.0. The number of hydrogen-bond donors (Lipinski definition) is 0. The fourth-order valence-corrected chi connectivity index (χ4v) is 5.76. The Morgan fingerprint density at radius 2 is 1.83 bits per heavy atom. The Morgan fingerprint density at radius 1 is 1.17 bits per heavy atom. The van der Waals surface area contributed by atoms with Gasteiger partial charge in [-0.25, -0.2) is 13.3 Å². The van der Waals surface area contributed by atoms with Crippen molar-refractivity contribution < 1.29 is 17.9 Å². The number of carbonyl (C=O) groups is 1. The third kappa shape index (κ3) is 4.13. The first-order chi connectivity index (χ1) is 14.3. The standard InChI is InChI=1S/C22H27N3O4S/c1-5-29-21(26)15-25-16(2)19(22(23-4)17(25)3)14-18-10-6-7-11-20(18)30(27,28)24-12-8-9-13-24/h6-7,10-11H,5,8-9,12-15H2,1-3H3. The first-order valence-corrected chi connectivity index (χ1v) is 11.5. The molecule has 0 saturated carbocycles. The lowest BCUT2D eigenvalue weighted by Gasteiger charge is -2.18. The van der Waals surface area contributed by atoms with Crippen molar-refractivity contribution in [1.82, 2.24) is 8.87 Å². The summed E-state index contributed by atoms with van der Waals surface area (Å²) < 4.78 is 34.7. The molecule has 2 aromatic rings. The van der Waals surface area contributed by atoms with Gasteiger partial charge in [0.15, 0.2) is 0 Å². The highest BCUT2D eigenvalue weighted by atomic mass is 32.2. The Morgan fingerprint density at radius 3 is 2.47 bits per heavy atom. The van der Waals surface area contributed by atoms with E-state index < -0.39 is 10.0 Å². The average molecular weight is 430 g/mol. The van der Waals surface area contributed by atoms with Gasteiger partial charge in [0.2, 0.25) is 15.7 Å². The van der Waals surface area contributed by atoms with E-state index in [-0.39, 0.29) is 17.4 Å². The lowest BCUT2D eigenvalue weighted by Crippen LogP contribution is -2.28.